The number of hydrogen-bond donors (Lipinski definition) is 1. The molecule has 1 heterocycles. The number of halogens is 1. The molecule has 0 amide bonds. The van der Waals surface area contributed by atoms with E-state index < -0.39 is 8.07 Å². The summed E-state index contributed by atoms with van der Waals surface area (Å²) in [5.74, 6) is 1.76. The molecule has 0 aliphatic heterocycles. The molecular formula is C20H36ClN3Si. The second kappa shape index (κ2) is 9.91. The number of anilines is 1. The number of nitrogens with zero attached hydrogens (tertiary/aromatic N) is 2. The van der Waals surface area contributed by atoms with Gasteiger partial charge in [0.15, 0.2) is 0 Å². The molecule has 0 atom stereocenters. The molecule has 1 aliphatic carbocycles. The van der Waals surface area contributed by atoms with E-state index in [-0.39, 0.29) is 0 Å². The second-order valence-electron chi connectivity index (χ2n) is 7.80. The van der Waals surface area contributed by atoms with Crippen molar-refractivity contribution in [1.82, 2.24) is 9.97 Å². The summed E-state index contributed by atoms with van der Waals surface area (Å²) in [4.78, 5) is 8.61. The molecule has 1 aromatic heterocycles. The van der Waals surface area contributed by atoms with E-state index in [1.807, 2.05) is 0 Å². The molecule has 1 fully saturated rings. The van der Waals surface area contributed by atoms with Crippen molar-refractivity contribution in [2.24, 2.45) is 5.92 Å². The van der Waals surface area contributed by atoms with Crippen molar-refractivity contribution < 1.29 is 0 Å². The first-order valence-electron chi connectivity index (χ1n) is 10.3. The van der Waals surface area contributed by atoms with E-state index in [2.05, 4.69) is 43.0 Å². The molecule has 0 unspecified atom stereocenters. The van der Waals surface area contributed by atoms with Crippen LogP contribution in [0.3, 0.4) is 0 Å². The molecule has 1 aliphatic rings. The number of hydrogen-bond acceptors (Lipinski definition) is 3. The fraction of sp³-hybridized carbons (Fsp3) is 0.800. The normalized spacial score (nSPS) is 21.3. The van der Waals surface area contributed by atoms with Crippen LogP contribution < -0.4 is 5.32 Å². The Morgan fingerprint density at radius 2 is 1.68 bits per heavy atom. The molecule has 25 heavy (non-hydrogen) atoms. The van der Waals surface area contributed by atoms with Crippen LogP contribution in [0.4, 0.5) is 5.82 Å². The lowest BCUT2D eigenvalue weighted by molar-refractivity contribution is 0.328. The summed E-state index contributed by atoms with van der Waals surface area (Å²) < 4.78 is 0. The predicted molar refractivity (Wildman–Crippen MR) is 112 cm³/mol. The van der Waals surface area contributed by atoms with Gasteiger partial charge in [0.2, 0.25) is 0 Å². The van der Waals surface area contributed by atoms with Crippen molar-refractivity contribution in [3.05, 3.63) is 17.0 Å². The van der Waals surface area contributed by atoms with Crippen molar-refractivity contribution in [2.75, 3.05) is 5.32 Å². The third-order valence-corrected chi connectivity index (χ3v) is 13.0. The summed E-state index contributed by atoms with van der Waals surface area (Å²) in [6.45, 7) is 9.36. The van der Waals surface area contributed by atoms with E-state index in [1.54, 1.807) is 6.33 Å². The van der Waals surface area contributed by atoms with E-state index in [0.717, 1.165) is 23.9 Å². The number of rotatable bonds is 9. The van der Waals surface area contributed by atoms with Gasteiger partial charge in [0.25, 0.3) is 0 Å². The van der Waals surface area contributed by atoms with Gasteiger partial charge in [0.1, 0.15) is 17.2 Å². The first kappa shape index (κ1) is 20.7. The van der Waals surface area contributed by atoms with Crippen LogP contribution in [0, 0.1) is 5.92 Å². The van der Waals surface area contributed by atoms with Gasteiger partial charge < -0.3 is 5.32 Å². The maximum atomic E-state index is 6.42. The highest BCUT2D eigenvalue weighted by Crippen LogP contribution is 2.35. The van der Waals surface area contributed by atoms with E-state index in [9.17, 15) is 0 Å². The lowest BCUT2D eigenvalue weighted by Gasteiger charge is -2.33. The van der Waals surface area contributed by atoms with Gasteiger partial charge in [0.05, 0.1) is 13.8 Å². The zero-order valence-corrected chi connectivity index (χ0v) is 18.3. The van der Waals surface area contributed by atoms with Gasteiger partial charge in [-0.1, -0.05) is 69.9 Å². The fourth-order valence-electron chi connectivity index (χ4n) is 4.33. The minimum atomic E-state index is -0.947. The van der Waals surface area contributed by atoms with Gasteiger partial charge in [0, 0.05) is 6.04 Å². The average molecular weight is 382 g/mol. The smallest absolute Gasteiger partial charge is 0.148 e. The third kappa shape index (κ3) is 5.43. The quantitative estimate of drug-likeness (QED) is 0.492. The van der Waals surface area contributed by atoms with Gasteiger partial charge in [-0.05, 0) is 38.0 Å². The molecule has 0 radical (unpaired) electrons. The maximum Gasteiger partial charge on any atom is 0.148 e. The predicted octanol–water partition coefficient (Wildman–Crippen LogP) is 6.56. The van der Waals surface area contributed by atoms with Crippen LogP contribution in [0.2, 0.25) is 29.2 Å². The standard InChI is InChI=1S/C20H36ClN3Si/c1-5-18-19(21)20(23-15-22-18)24-17-11-9-16(10-12-17)13-14-25(6-2,7-3)8-4/h15-17H,5-14H2,1-4H3,(H,22,23,24)/t16-,17+. The summed E-state index contributed by atoms with van der Waals surface area (Å²) in [5, 5.41) is 4.28. The Bertz CT molecular complexity index is 517. The Kier molecular flexibility index (Phi) is 8.21. The van der Waals surface area contributed by atoms with Crippen LogP contribution in [-0.4, -0.2) is 24.1 Å². The molecule has 142 valence electrons. The van der Waals surface area contributed by atoms with Crippen LogP contribution >= 0.6 is 11.6 Å². The minimum absolute atomic E-state index is 0.513. The van der Waals surface area contributed by atoms with E-state index in [1.165, 1.54) is 56.3 Å². The summed E-state index contributed by atoms with van der Waals surface area (Å²) in [7, 11) is -0.947. The lowest BCUT2D eigenvalue weighted by atomic mass is 9.84. The topological polar surface area (TPSA) is 37.8 Å². The highest BCUT2D eigenvalue weighted by atomic mass is 35.5. The van der Waals surface area contributed by atoms with Crippen LogP contribution in [0.5, 0.6) is 0 Å². The SMILES string of the molecule is CCc1ncnc(N[C@H]2CC[C@@H](CC[Si](CC)(CC)CC)CC2)c1Cl. The van der Waals surface area contributed by atoms with Crippen molar-refractivity contribution in [3.8, 4) is 0 Å². The Labute approximate surface area is 160 Å². The van der Waals surface area contributed by atoms with Crippen molar-refractivity contribution in [2.45, 2.75) is 96.4 Å². The third-order valence-electron chi connectivity index (χ3n) is 6.72. The summed E-state index contributed by atoms with van der Waals surface area (Å²) in [6.07, 6.45) is 9.12. The first-order chi connectivity index (χ1) is 12.1. The average Bonchev–Trinajstić information content (AvgIpc) is 2.66. The van der Waals surface area contributed by atoms with Crippen LogP contribution in [0.25, 0.3) is 0 Å². The summed E-state index contributed by atoms with van der Waals surface area (Å²) in [6, 6.07) is 6.43. The number of aryl methyl sites for hydroxylation is 1. The molecule has 1 aromatic rings. The Morgan fingerprint density at radius 3 is 2.24 bits per heavy atom. The number of nitrogens with one attached hydrogen (secondary N) is 1. The second-order valence-corrected chi connectivity index (χ2v) is 13.8. The largest absolute Gasteiger partial charge is 0.366 e. The van der Waals surface area contributed by atoms with E-state index >= 15 is 0 Å². The van der Waals surface area contributed by atoms with Crippen molar-refractivity contribution in [3.63, 3.8) is 0 Å². The van der Waals surface area contributed by atoms with Gasteiger partial charge >= 0.3 is 0 Å². The van der Waals surface area contributed by atoms with Crippen LogP contribution in [0.1, 0.15) is 65.5 Å². The van der Waals surface area contributed by atoms with Crippen LogP contribution in [0.15, 0.2) is 6.33 Å². The highest BCUT2D eigenvalue weighted by molar-refractivity contribution is 6.79. The summed E-state index contributed by atoms with van der Waals surface area (Å²) >= 11 is 6.42. The van der Waals surface area contributed by atoms with Crippen molar-refractivity contribution in [1.29, 1.82) is 0 Å². The Morgan fingerprint density at radius 1 is 1.04 bits per heavy atom. The number of aromatic nitrogens is 2. The van der Waals surface area contributed by atoms with Crippen LogP contribution in [-0.2, 0) is 6.42 Å². The van der Waals surface area contributed by atoms with Gasteiger partial charge in [-0.15, -0.1) is 0 Å². The molecule has 0 spiro atoms. The molecule has 2 rings (SSSR count). The molecule has 0 saturated heterocycles. The molecule has 3 nitrogen and oxygen atoms in total. The monoisotopic (exact) mass is 381 g/mol. The van der Waals surface area contributed by atoms with Gasteiger partial charge in [-0.3, -0.25) is 0 Å². The molecule has 1 N–H and O–H groups in total. The Hall–Kier alpha value is -0.613. The molecule has 0 aromatic carbocycles. The Balaban J connectivity index is 1.82. The van der Waals surface area contributed by atoms with Gasteiger partial charge in [-0.2, -0.15) is 0 Å². The highest BCUT2D eigenvalue weighted by Gasteiger charge is 2.29. The van der Waals surface area contributed by atoms with E-state index in [0.29, 0.717) is 11.1 Å². The maximum absolute atomic E-state index is 6.42. The lowest BCUT2D eigenvalue weighted by Crippen LogP contribution is -2.33. The zero-order chi connectivity index (χ0) is 18.3. The minimum Gasteiger partial charge on any atom is -0.366 e. The zero-order valence-electron chi connectivity index (χ0n) is 16.6. The summed E-state index contributed by atoms with van der Waals surface area (Å²) in [5.41, 5.74) is 0.938. The molecule has 0 bridgehead atoms. The fourth-order valence-corrected chi connectivity index (χ4v) is 8.20. The van der Waals surface area contributed by atoms with Crippen molar-refractivity contribution >= 4 is 25.5 Å². The molecule has 1 saturated carbocycles. The molecular weight excluding hydrogens is 346 g/mol. The van der Waals surface area contributed by atoms with E-state index in [4.69, 9.17) is 11.6 Å². The van der Waals surface area contributed by atoms with Gasteiger partial charge in [-0.25, -0.2) is 9.97 Å². The first-order valence-corrected chi connectivity index (χ1v) is 13.5. The molecule has 5 heteroatoms.